The number of primary amides is 1. The van der Waals surface area contributed by atoms with Crippen molar-refractivity contribution in [2.75, 3.05) is 0 Å². The minimum atomic E-state index is -0.758. The fourth-order valence-corrected chi connectivity index (χ4v) is 1.13. The highest BCUT2D eigenvalue weighted by Crippen LogP contribution is 2.19. The highest BCUT2D eigenvalue weighted by atomic mass is 35.5. The van der Waals surface area contributed by atoms with E-state index >= 15 is 0 Å². The van der Waals surface area contributed by atoms with Gasteiger partial charge in [-0.25, -0.2) is 0 Å². The minimum Gasteiger partial charge on any atom is -0.368 e. The van der Waals surface area contributed by atoms with Crippen molar-refractivity contribution in [2.45, 2.75) is 11.9 Å². The number of hydrogen-bond donors (Lipinski definition) is 2. The molecule has 0 aliphatic rings. The fraction of sp³-hybridized carbons (Fsp3) is 0.222. The van der Waals surface area contributed by atoms with Crippen molar-refractivity contribution in [1.29, 1.82) is 0 Å². The van der Waals surface area contributed by atoms with Gasteiger partial charge in [0, 0.05) is 6.54 Å². The van der Waals surface area contributed by atoms with Crippen LogP contribution in [0.3, 0.4) is 0 Å². The monoisotopic (exact) mass is 198 g/mol. The summed E-state index contributed by atoms with van der Waals surface area (Å²) in [6.07, 6.45) is 0. The third-order valence-corrected chi connectivity index (χ3v) is 2.22. The normalized spacial score (nSPS) is 12.5. The summed E-state index contributed by atoms with van der Waals surface area (Å²) in [4.78, 5) is 10.7. The van der Waals surface area contributed by atoms with E-state index in [1.54, 1.807) is 12.1 Å². The Kier molecular flexibility index (Phi) is 3.28. The lowest BCUT2D eigenvalue weighted by Gasteiger charge is -2.05. The number of hydrogen-bond acceptors (Lipinski definition) is 2. The Morgan fingerprint density at radius 2 is 1.92 bits per heavy atom. The number of halogens is 1. The lowest BCUT2D eigenvalue weighted by atomic mass is 10.1. The molecule has 3 nitrogen and oxygen atoms in total. The van der Waals surface area contributed by atoms with Crippen LogP contribution in [0.2, 0.25) is 0 Å². The Bertz CT molecular complexity index is 297. The molecule has 0 saturated heterocycles. The van der Waals surface area contributed by atoms with Crippen LogP contribution in [0.4, 0.5) is 0 Å². The van der Waals surface area contributed by atoms with Gasteiger partial charge in [-0.3, -0.25) is 4.79 Å². The zero-order valence-electron chi connectivity index (χ0n) is 7.03. The van der Waals surface area contributed by atoms with Crippen molar-refractivity contribution in [1.82, 2.24) is 0 Å². The summed E-state index contributed by atoms with van der Waals surface area (Å²) >= 11 is 5.73. The Balaban J connectivity index is 2.85. The average molecular weight is 199 g/mol. The number of rotatable bonds is 3. The summed E-state index contributed by atoms with van der Waals surface area (Å²) in [5, 5.41) is -0.758. The average Bonchev–Trinajstić information content (AvgIpc) is 2.17. The molecule has 1 rings (SSSR count). The van der Waals surface area contributed by atoms with E-state index in [0.29, 0.717) is 12.1 Å². The van der Waals surface area contributed by atoms with Crippen LogP contribution in [0, 0.1) is 0 Å². The SMILES string of the molecule is NCc1ccc(C(Cl)C(N)=O)cc1. The number of nitrogens with two attached hydrogens (primary N) is 2. The van der Waals surface area contributed by atoms with E-state index in [1.807, 2.05) is 12.1 Å². The van der Waals surface area contributed by atoms with E-state index in [1.165, 1.54) is 0 Å². The maximum Gasteiger partial charge on any atom is 0.240 e. The lowest BCUT2D eigenvalue weighted by molar-refractivity contribution is -0.117. The maximum absolute atomic E-state index is 10.7. The molecule has 1 unspecified atom stereocenters. The third-order valence-electron chi connectivity index (χ3n) is 1.76. The number of alkyl halides is 1. The molecule has 0 spiro atoms. The van der Waals surface area contributed by atoms with E-state index in [0.717, 1.165) is 5.56 Å². The summed E-state index contributed by atoms with van der Waals surface area (Å²) in [7, 11) is 0. The van der Waals surface area contributed by atoms with E-state index in [4.69, 9.17) is 23.1 Å². The quantitative estimate of drug-likeness (QED) is 0.709. The van der Waals surface area contributed by atoms with Gasteiger partial charge in [0.15, 0.2) is 0 Å². The first-order valence-electron chi connectivity index (χ1n) is 3.87. The molecule has 4 N–H and O–H groups in total. The molecular weight excluding hydrogens is 188 g/mol. The standard InChI is InChI=1S/C9H11ClN2O/c10-8(9(12)13)7-3-1-6(5-11)2-4-7/h1-4,8H,5,11H2,(H2,12,13). The highest BCUT2D eigenvalue weighted by Gasteiger charge is 2.12. The van der Waals surface area contributed by atoms with Crippen LogP contribution >= 0.6 is 11.6 Å². The van der Waals surface area contributed by atoms with Gasteiger partial charge in [0.05, 0.1) is 0 Å². The minimum absolute atomic E-state index is 0.476. The number of carbonyl (C=O) groups excluding carboxylic acids is 1. The smallest absolute Gasteiger partial charge is 0.240 e. The molecular formula is C9H11ClN2O. The molecule has 1 aromatic rings. The zero-order chi connectivity index (χ0) is 9.84. The number of amides is 1. The van der Waals surface area contributed by atoms with Crippen LogP contribution < -0.4 is 11.5 Å². The second-order valence-corrected chi connectivity index (χ2v) is 3.15. The highest BCUT2D eigenvalue weighted by molar-refractivity contribution is 6.30. The molecule has 4 heteroatoms. The second-order valence-electron chi connectivity index (χ2n) is 2.71. The van der Waals surface area contributed by atoms with Gasteiger partial charge >= 0.3 is 0 Å². The largest absolute Gasteiger partial charge is 0.368 e. The van der Waals surface area contributed by atoms with Gasteiger partial charge < -0.3 is 11.5 Å². The van der Waals surface area contributed by atoms with Crippen molar-refractivity contribution in [2.24, 2.45) is 11.5 Å². The van der Waals surface area contributed by atoms with E-state index < -0.39 is 11.3 Å². The summed E-state index contributed by atoms with van der Waals surface area (Å²) in [5.41, 5.74) is 12.2. The lowest BCUT2D eigenvalue weighted by Crippen LogP contribution is -2.16. The molecule has 0 radical (unpaired) electrons. The molecule has 1 aromatic carbocycles. The van der Waals surface area contributed by atoms with E-state index in [-0.39, 0.29) is 0 Å². The number of carbonyl (C=O) groups is 1. The first-order chi connectivity index (χ1) is 6.15. The van der Waals surface area contributed by atoms with Gasteiger partial charge in [-0.2, -0.15) is 0 Å². The summed E-state index contributed by atoms with van der Waals surface area (Å²) in [6.45, 7) is 0.476. The fourth-order valence-electron chi connectivity index (χ4n) is 0.987. The topological polar surface area (TPSA) is 69.1 Å². The van der Waals surface area contributed by atoms with Gasteiger partial charge in [-0.15, -0.1) is 11.6 Å². The zero-order valence-corrected chi connectivity index (χ0v) is 7.79. The molecule has 1 amide bonds. The molecule has 70 valence electrons. The van der Waals surface area contributed by atoms with Gasteiger partial charge in [0.1, 0.15) is 5.38 Å². The summed E-state index contributed by atoms with van der Waals surface area (Å²) in [5.74, 6) is -0.540. The molecule has 1 atom stereocenters. The van der Waals surface area contributed by atoms with Crippen LogP contribution in [-0.4, -0.2) is 5.91 Å². The first kappa shape index (κ1) is 10.0. The van der Waals surface area contributed by atoms with Crippen LogP contribution in [0.25, 0.3) is 0 Å². The van der Waals surface area contributed by atoms with E-state index in [2.05, 4.69) is 0 Å². The predicted octanol–water partition coefficient (Wildman–Crippen LogP) is 0.911. The molecule has 13 heavy (non-hydrogen) atoms. The maximum atomic E-state index is 10.7. The van der Waals surface area contributed by atoms with Crippen molar-refractivity contribution < 1.29 is 4.79 Å². The van der Waals surface area contributed by atoms with Gasteiger partial charge in [-0.1, -0.05) is 24.3 Å². The van der Waals surface area contributed by atoms with E-state index in [9.17, 15) is 4.79 Å². The Hall–Kier alpha value is -1.06. The van der Waals surface area contributed by atoms with Crippen molar-refractivity contribution in [3.63, 3.8) is 0 Å². The third kappa shape index (κ3) is 2.44. The van der Waals surface area contributed by atoms with Crippen LogP contribution in [-0.2, 0) is 11.3 Å². The molecule has 0 aromatic heterocycles. The molecule has 0 saturated carbocycles. The molecule has 0 fully saturated rings. The summed E-state index contributed by atoms with van der Waals surface area (Å²) in [6, 6.07) is 7.16. The second kappa shape index (κ2) is 4.25. The Labute approximate surface area is 81.7 Å². The predicted molar refractivity (Wildman–Crippen MR) is 52.1 cm³/mol. The Morgan fingerprint density at radius 3 is 2.31 bits per heavy atom. The van der Waals surface area contributed by atoms with Gasteiger partial charge in [0.25, 0.3) is 0 Å². The summed E-state index contributed by atoms with van der Waals surface area (Å²) < 4.78 is 0. The van der Waals surface area contributed by atoms with Crippen molar-refractivity contribution in [3.05, 3.63) is 35.4 Å². The first-order valence-corrected chi connectivity index (χ1v) is 4.31. The Morgan fingerprint density at radius 1 is 1.38 bits per heavy atom. The van der Waals surface area contributed by atoms with Gasteiger partial charge in [-0.05, 0) is 11.1 Å². The number of benzene rings is 1. The van der Waals surface area contributed by atoms with Crippen molar-refractivity contribution in [3.8, 4) is 0 Å². The van der Waals surface area contributed by atoms with Crippen LogP contribution in [0.1, 0.15) is 16.5 Å². The molecule has 0 aliphatic carbocycles. The van der Waals surface area contributed by atoms with Gasteiger partial charge in [0.2, 0.25) is 5.91 Å². The molecule has 0 heterocycles. The van der Waals surface area contributed by atoms with Crippen LogP contribution in [0.5, 0.6) is 0 Å². The van der Waals surface area contributed by atoms with Crippen LogP contribution in [0.15, 0.2) is 24.3 Å². The van der Waals surface area contributed by atoms with Crippen molar-refractivity contribution >= 4 is 17.5 Å². The molecule has 0 aliphatic heterocycles. The molecule has 0 bridgehead atoms.